The highest BCUT2D eigenvalue weighted by Gasteiger charge is 2.14. The minimum Gasteiger partial charge on any atom is -0.439 e. The molecule has 0 unspecified atom stereocenters. The number of para-hydroxylation sites is 2. The van der Waals surface area contributed by atoms with Crippen LogP contribution in [-0.2, 0) is 0 Å². The topological polar surface area (TPSA) is 36.1 Å². The van der Waals surface area contributed by atoms with Crippen LogP contribution in [0.1, 0.15) is 0 Å². The van der Waals surface area contributed by atoms with E-state index in [2.05, 4.69) is 94.3 Å². The number of benzene rings is 4. The first kappa shape index (κ1) is 19.4. The molecule has 0 aliphatic heterocycles. The molecule has 36 heavy (non-hydrogen) atoms. The number of nitrogens with zero attached hydrogens (tertiary/aromatic N) is 2. The van der Waals surface area contributed by atoms with Crippen LogP contribution in [0.15, 0.2) is 130 Å². The van der Waals surface area contributed by atoms with Crippen molar-refractivity contribution in [1.29, 1.82) is 0 Å². The lowest BCUT2D eigenvalue weighted by Gasteiger charge is -2.09. The fraction of sp³-hybridized carbons (Fsp3) is 0. The molecule has 4 heteroatoms. The second-order valence-electron chi connectivity index (χ2n) is 9.11. The van der Waals surface area contributed by atoms with Gasteiger partial charge in [0.05, 0.1) is 0 Å². The van der Waals surface area contributed by atoms with Crippen molar-refractivity contribution in [2.24, 2.45) is 0 Å². The lowest BCUT2D eigenvalue weighted by atomic mass is 10.0. The summed E-state index contributed by atoms with van der Waals surface area (Å²) in [6.45, 7) is 0. The van der Waals surface area contributed by atoms with Gasteiger partial charge in [-0.15, -0.1) is 0 Å². The van der Waals surface area contributed by atoms with Gasteiger partial charge in [-0.05, 0) is 59.7 Å². The third kappa shape index (κ3) is 2.75. The zero-order valence-corrected chi connectivity index (χ0v) is 19.3. The average Bonchev–Trinajstić information content (AvgIpc) is 3.69. The van der Waals surface area contributed by atoms with Gasteiger partial charge in [-0.3, -0.25) is 9.13 Å². The van der Waals surface area contributed by atoms with Gasteiger partial charge >= 0.3 is 0 Å². The molecule has 0 amide bonds. The first-order chi connectivity index (χ1) is 17.8. The summed E-state index contributed by atoms with van der Waals surface area (Å²) in [5.74, 6) is 0. The predicted octanol–water partition coefficient (Wildman–Crippen LogP) is 8.73. The number of furan rings is 2. The minimum absolute atomic E-state index is 0.863. The molecular weight excluding hydrogens is 444 g/mol. The van der Waals surface area contributed by atoms with E-state index in [1.807, 2.05) is 36.4 Å². The monoisotopic (exact) mass is 464 g/mol. The number of rotatable bonds is 3. The molecule has 0 aliphatic carbocycles. The van der Waals surface area contributed by atoms with E-state index in [0.29, 0.717) is 0 Å². The summed E-state index contributed by atoms with van der Waals surface area (Å²) >= 11 is 0. The molecule has 4 aromatic carbocycles. The first-order valence-corrected chi connectivity index (χ1v) is 12.0. The molecule has 8 aromatic rings. The van der Waals surface area contributed by atoms with Crippen LogP contribution in [-0.4, -0.2) is 9.13 Å². The maximum Gasteiger partial charge on any atom is 0.212 e. The molecule has 0 saturated carbocycles. The summed E-state index contributed by atoms with van der Waals surface area (Å²) < 4.78 is 16.6. The Labute approximate surface area is 206 Å². The molecule has 0 radical (unpaired) electrons. The van der Waals surface area contributed by atoms with Gasteiger partial charge < -0.3 is 8.83 Å². The Balaban J connectivity index is 1.23. The fourth-order valence-corrected chi connectivity index (χ4v) is 5.30. The molecule has 0 atom stereocenters. The van der Waals surface area contributed by atoms with E-state index >= 15 is 0 Å². The van der Waals surface area contributed by atoms with Gasteiger partial charge in [-0.2, -0.15) is 0 Å². The van der Waals surface area contributed by atoms with Crippen molar-refractivity contribution in [1.82, 2.24) is 9.13 Å². The number of hydrogen-bond donors (Lipinski definition) is 0. The Morgan fingerprint density at radius 1 is 0.417 bits per heavy atom. The van der Waals surface area contributed by atoms with Gasteiger partial charge in [-0.25, -0.2) is 0 Å². The van der Waals surface area contributed by atoms with Crippen LogP contribution < -0.4 is 0 Å². The van der Waals surface area contributed by atoms with E-state index < -0.39 is 0 Å². The third-order valence-corrected chi connectivity index (χ3v) is 7.03. The van der Waals surface area contributed by atoms with Crippen LogP contribution in [0, 0.1) is 0 Å². The Hall–Kier alpha value is -4.96. The van der Waals surface area contributed by atoms with Crippen molar-refractivity contribution in [2.45, 2.75) is 0 Å². The van der Waals surface area contributed by atoms with Gasteiger partial charge in [0.1, 0.15) is 11.2 Å². The summed E-state index contributed by atoms with van der Waals surface area (Å²) in [6.07, 6.45) is 4.16. The molecule has 0 saturated heterocycles. The van der Waals surface area contributed by atoms with Gasteiger partial charge in [0.2, 0.25) is 11.4 Å². The molecule has 0 N–H and O–H groups in total. The minimum atomic E-state index is 0.863. The van der Waals surface area contributed by atoms with Crippen molar-refractivity contribution in [3.8, 4) is 22.5 Å². The van der Waals surface area contributed by atoms with Crippen LogP contribution in [0.25, 0.3) is 66.6 Å². The SMILES string of the molecule is c1cc(-c2cccc(-n3ccc4c5ccccc5oc43)c2)cc(-n2ccc3c4ccccc4oc32)c1. The summed E-state index contributed by atoms with van der Waals surface area (Å²) in [5.41, 5.74) is 7.94. The van der Waals surface area contributed by atoms with E-state index in [9.17, 15) is 0 Å². The van der Waals surface area contributed by atoms with Crippen LogP contribution >= 0.6 is 0 Å². The van der Waals surface area contributed by atoms with Crippen molar-refractivity contribution in [2.75, 3.05) is 0 Å². The average molecular weight is 465 g/mol. The fourth-order valence-electron chi connectivity index (χ4n) is 5.30. The standard InChI is InChI=1S/C32H20N2O2/c1-3-13-29-25(11-1)27-15-17-33(31(27)35-29)23-9-5-7-21(19-23)22-8-6-10-24(20-22)34-18-16-28-26-12-2-4-14-30(26)36-32(28)34/h1-20H. The smallest absolute Gasteiger partial charge is 0.212 e. The van der Waals surface area contributed by atoms with Crippen molar-refractivity contribution in [3.05, 3.63) is 122 Å². The molecule has 0 fully saturated rings. The molecule has 4 nitrogen and oxygen atoms in total. The van der Waals surface area contributed by atoms with Gasteiger partial charge in [0, 0.05) is 45.3 Å². The van der Waals surface area contributed by atoms with Gasteiger partial charge in [-0.1, -0.05) is 60.7 Å². The molecular formula is C32H20N2O2. The third-order valence-electron chi connectivity index (χ3n) is 7.03. The lowest BCUT2D eigenvalue weighted by molar-refractivity contribution is 0.642. The number of fused-ring (bicyclic) bond motifs is 6. The molecule has 0 spiro atoms. The Kier molecular flexibility index (Phi) is 3.91. The van der Waals surface area contributed by atoms with Gasteiger partial charge in [0.15, 0.2) is 0 Å². The number of hydrogen-bond acceptors (Lipinski definition) is 2. The molecule has 4 heterocycles. The molecule has 4 aromatic heterocycles. The molecule has 170 valence electrons. The maximum atomic E-state index is 6.21. The van der Waals surface area contributed by atoms with E-state index in [4.69, 9.17) is 8.83 Å². The van der Waals surface area contributed by atoms with Crippen LogP contribution in [0.4, 0.5) is 0 Å². The van der Waals surface area contributed by atoms with E-state index in [0.717, 1.165) is 66.6 Å². The zero-order chi connectivity index (χ0) is 23.6. The zero-order valence-electron chi connectivity index (χ0n) is 19.3. The molecule has 8 rings (SSSR count). The van der Waals surface area contributed by atoms with E-state index in [1.165, 1.54) is 0 Å². The molecule has 0 bridgehead atoms. The second-order valence-corrected chi connectivity index (χ2v) is 9.11. The van der Waals surface area contributed by atoms with Crippen LogP contribution in [0.5, 0.6) is 0 Å². The normalized spacial score (nSPS) is 11.9. The van der Waals surface area contributed by atoms with Crippen molar-refractivity contribution >= 4 is 44.1 Å². The van der Waals surface area contributed by atoms with Crippen molar-refractivity contribution in [3.63, 3.8) is 0 Å². The number of aromatic nitrogens is 2. The van der Waals surface area contributed by atoms with E-state index in [1.54, 1.807) is 0 Å². The van der Waals surface area contributed by atoms with Crippen molar-refractivity contribution < 1.29 is 8.83 Å². The summed E-state index contributed by atoms with van der Waals surface area (Å²) in [4.78, 5) is 0. The summed E-state index contributed by atoms with van der Waals surface area (Å²) in [7, 11) is 0. The summed E-state index contributed by atoms with van der Waals surface area (Å²) in [6, 6.07) is 37.7. The van der Waals surface area contributed by atoms with E-state index in [-0.39, 0.29) is 0 Å². The lowest BCUT2D eigenvalue weighted by Crippen LogP contribution is -1.93. The maximum absolute atomic E-state index is 6.21. The van der Waals surface area contributed by atoms with Crippen LogP contribution in [0.3, 0.4) is 0 Å². The predicted molar refractivity (Wildman–Crippen MR) is 145 cm³/mol. The second kappa shape index (κ2) is 7.27. The first-order valence-electron chi connectivity index (χ1n) is 12.0. The Morgan fingerprint density at radius 2 is 0.889 bits per heavy atom. The highest BCUT2D eigenvalue weighted by Crippen LogP contribution is 2.34. The quantitative estimate of drug-likeness (QED) is 0.262. The molecule has 0 aliphatic rings. The van der Waals surface area contributed by atoms with Crippen LogP contribution in [0.2, 0.25) is 0 Å². The largest absolute Gasteiger partial charge is 0.439 e. The Bertz CT molecular complexity index is 1910. The Morgan fingerprint density at radius 3 is 1.39 bits per heavy atom. The summed E-state index contributed by atoms with van der Waals surface area (Å²) in [5, 5.41) is 4.53. The highest BCUT2D eigenvalue weighted by atomic mass is 16.3. The highest BCUT2D eigenvalue weighted by molar-refractivity contribution is 6.05. The van der Waals surface area contributed by atoms with Gasteiger partial charge in [0.25, 0.3) is 0 Å².